The summed E-state index contributed by atoms with van der Waals surface area (Å²) in [5.41, 5.74) is 2.70. The zero-order chi connectivity index (χ0) is 8.39. The zero-order valence-electron chi connectivity index (χ0n) is 6.69. The molecule has 60 valence electrons. The highest BCUT2D eigenvalue weighted by atomic mass is 16.6. The maximum Gasteiger partial charge on any atom is 0.135 e. The summed E-state index contributed by atoms with van der Waals surface area (Å²) in [5.74, 6) is 0. The van der Waals surface area contributed by atoms with Crippen molar-refractivity contribution >= 4 is 17.1 Å². The van der Waals surface area contributed by atoms with Gasteiger partial charge in [0.1, 0.15) is 11.0 Å². The molecule has 1 heterocycles. The fraction of sp³-hybridized carbons (Fsp3) is 0.111. The quantitative estimate of drug-likeness (QED) is 0.642. The van der Waals surface area contributed by atoms with Crippen molar-refractivity contribution < 1.29 is 4.63 Å². The lowest BCUT2D eigenvalue weighted by Crippen LogP contribution is -1.72. The zero-order valence-corrected chi connectivity index (χ0v) is 6.69. The van der Waals surface area contributed by atoms with Crippen molar-refractivity contribution in [3.8, 4) is 0 Å². The number of allylic oxidation sites excluding steroid dienone is 1. The van der Waals surface area contributed by atoms with Gasteiger partial charge in [0, 0.05) is 0 Å². The van der Waals surface area contributed by atoms with Crippen LogP contribution in [-0.4, -0.2) is 10.3 Å². The summed E-state index contributed by atoms with van der Waals surface area (Å²) in [6.45, 7) is 1.98. The van der Waals surface area contributed by atoms with E-state index in [0.29, 0.717) is 0 Å². The molecule has 12 heavy (non-hydrogen) atoms. The van der Waals surface area contributed by atoms with Crippen LogP contribution in [0.25, 0.3) is 17.1 Å². The first kappa shape index (κ1) is 7.03. The number of benzene rings is 1. The van der Waals surface area contributed by atoms with E-state index in [0.717, 1.165) is 16.6 Å². The molecule has 0 radical (unpaired) electrons. The lowest BCUT2D eigenvalue weighted by atomic mass is 10.2. The highest BCUT2D eigenvalue weighted by Gasteiger charge is 1.98. The molecule has 0 fully saturated rings. The van der Waals surface area contributed by atoms with Crippen LogP contribution >= 0.6 is 0 Å². The minimum atomic E-state index is 0.795. The van der Waals surface area contributed by atoms with Crippen molar-refractivity contribution in [2.24, 2.45) is 0 Å². The van der Waals surface area contributed by atoms with Crippen molar-refractivity contribution in [1.29, 1.82) is 0 Å². The van der Waals surface area contributed by atoms with E-state index in [1.165, 1.54) is 0 Å². The molecule has 0 saturated heterocycles. The van der Waals surface area contributed by atoms with Crippen LogP contribution in [0.2, 0.25) is 0 Å². The van der Waals surface area contributed by atoms with E-state index in [2.05, 4.69) is 14.9 Å². The first-order valence-electron chi connectivity index (χ1n) is 3.75. The van der Waals surface area contributed by atoms with E-state index in [1.807, 2.05) is 37.3 Å². The highest BCUT2D eigenvalue weighted by Crippen LogP contribution is 2.12. The Morgan fingerprint density at radius 2 is 2.08 bits per heavy atom. The van der Waals surface area contributed by atoms with Crippen molar-refractivity contribution in [2.75, 3.05) is 0 Å². The Hall–Kier alpha value is -1.64. The summed E-state index contributed by atoms with van der Waals surface area (Å²) in [6, 6.07) is 5.81. The third-order valence-corrected chi connectivity index (χ3v) is 1.64. The normalized spacial score (nSPS) is 11.4. The standard InChI is InChI=1S/C9H8N2O/c1-2-3-7-4-5-8-9(6-7)11-12-10-8/h2-6H,1H3/b3-2+. The van der Waals surface area contributed by atoms with Crippen LogP contribution in [-0.2, 0) is 0 Å². The van der Waals surface area contributed by atoms with Gasteiger partial charge in [-0.3, -0.25) is 0 Å². The molecular formula is C9H8N2O. The third kappa shape index (κ3) is 1.09. The number of nitrogens with zero attached hydrogens (tertiary/aromatic N) is 2. The minimum absolute atomic E-state index is 0.795. The summed E-state index contributed by atoms with van der Waals surface area (Å²) < 4.78 is 4.57. The van der Waals surface area contributed by atoms with Crippen LogP contribution in [0, 0.1) is 0 Å². The van der Waals surface area contributed by atoms with Crippen molar-refractivity contribution in [1.82, 2.24) is 10.3 Å². The monoisotopic (exact) mass is 160 g/mol. The smallest absolute Gasteiger partial charge is 0.135 e. The van der Waals surface area contributed by atoms with Crippen molar-refractivity contribution in [3.63, 3.8) is 0 Å². The average Bonchev–Trinajstić information content (AvgIpc) is 2.51. The molecule has 0 aliphatic rings. The minimum Gasteiger partial charge on any atom is -0.243 e. The van der Waals surface area contributed by atoms with E-state index >= 15 is 0 Å². The highest BCUT2D eigenvalue weighted by molar-refractivity contribution is 5.76. The molecule has 0 atom stereocenters. The van der Waals surface area contributed by atoms with E-state index in [-0.39, 0.29) is 0 Å². The molecule has 0 aliphatic heterocycles. The fourth-order valence-electron chi connectivity index (χ4n) is 1.10. The molecule has 2 rings (SSSR count). The van der Waals surface area contributed by atoms with E-state index in [4.69, 9.17) is 0 Å². The summed E-state index contributed by atoms with van der Waals surface area (Å²) >= 11 is 0. The number of aromatic nitrogens is 2. The van der Waals surface area contributed by atoms with Gasteiger partial charge in [-0.1, -0.05) is 18.2 Å². The number of hydrogen-bond donors (Lipinski definition) is 0. The Kier molecular flexibility index (Phi) is 1.63. The summed E-state index contributed by atoms with van der Waals surface area (Å²) in [5, 5.41) is 7.45. The van der Waals surface area contributed by atoms with Crippen LogP contribution in [0.15, 0.2) is 28.9 Å². The third-order valence-electron chi connectivity index (χ3n) is 1.64. The van der Waals surface area contributed by atoms with Crippen LogP contribution in [0.4, 0.5) is 0 Å². The van der Waals surface area contributed by atoms with E-state index < -0.39 is 0 Å². The van der Waals surface area contributed by atoms with Crippen LogP contribution < -0.4 is 0 Å². The number of hydrogen-bond acceptors (Lipinski definition) is 3. The Morgan fingerprint density at radius 3 is 2.92 bits per heavy atom. The van der Waals surface area contributed by atoms with Gasteiger partial charge in [-0.2, -0.15) is 0 Å². The average molecular weight is 160 g/mol. The molecule has 0 bridgehead atoms. The van der Waals surface area contributed by atoms with Gasteiger partial charge in [0.05, 0.1) is 0 Å². The molecule has 2 aromatic rings. The molecular weight excluding hydrogens is 152 g/mol. The lowest BCUT2D eigenvalue weighted by molar-refractivity contribution is 0.315. The van der Waals surface area contributed by atoms with Crippen LogP contribution in [0.5, 0.6) is 0 Å². The predicted octanol–water partition coefficient (Wildman–Crippen LogP) is 2.26. The lowest BCUT2D eigenvalue weighted by Gasteiger charge is -1.89. The summed E-state index contributed by atoms with van der Waals surface area (Å²) in [7, 11) is 0. The predicted molar refractivity (Wildman–Crippen MR) is 46.5 cm³/mol. The Morgan fingerprint density at radius 1 is 1.25 bits per heavy atom. The van der Waals surface area contributed by atoms with Gasteiger partial charge < -0.3 is 0 Å². The second-order valence-corrected chi connectivity index (χ2v) is 2.51. The molecule has 3 nitrogen and oxygen atoms in total. The Labute approximate surface area is 69.7 Å². The summed E-state index contributed by atoms with van der Waals surface area (Å²) in [4.78, 5) is 0. The SMILES string of the molecule is C/C=C/c1ccc2nonc2c1. The van der Waals surface area contributed by atoms with E-state index in [1.54, 1.807) is 0 Å². The Balaban J connectivity index is 2.60. The topological polar surface area (TPSA) is 38.9 Å². The maximum absolute atomic E-state index is 4.57. The van der Waals surface area contributed by atoms with Gasteiger partial charge in [0.25, 0.3) is 0 Å². The first-order chi connectivity index (χ1) is 5.90. The molecule has 0 unspecified atom stereocenters. The van der Waals surface area contributed by atoms with E-state index in [9.17, 15) is 0 Å². The molecule has 0 N–H and O–H groups in total. The second kappa shape index (κ2) is 2.77. The molecule has 0 aliphatic carbocycles. The summed E-state index contributed by atoms with van der Waals surface area (Å²) in [6.07, 6.45) is 3.99. The Bertz CT molecular complexity index is 417. The number of rotatable bonds is 1. The molecule has 0 amide bonds. The first-order valence-corrected chi connectivity index (χ1v) is 3.75. The molecule has 0 spiro atoms. The molecule has 3 heteroatoms. The van der Waals surface area contributed by atoms with Crippen LogP contribution in [0.3, 0.4) is 0 Å². The number of fused-ring (bicyclic) bond motifs is 1. The van der Waals surface area contributed by atoms with Gasteiger partial charge in [0.2, 0.25) is 0 Å². The molecule has 1 aromatic carbocycles. The molecule has 1 aromatic heterocycles. The molecule has 0 saturated carbocycles. The van der Waals surface area contributed by atoms with Gasteiger partial charge in [-0.15, -0.1) is 0 Å². The van der Waals surface area contributed by atoms with Gasteiger partial charge in [-0.05, 0) is 34.9 Å². The van der Waals surface area contributed by atoms with Crippen molar-refractivity contribution in [2.45, 2.75) is 6.92 Å². The maximum atomic E-state index is 4.57. The largest absolute Gasteiger partial charge is 0.243 e. The van der Waals surface area contributed by atoms with Gasteiger partial charge in [0.15, 0.2) is 0 Å². The van der Waals surface area contributed by atoms with Crippen LogP contribution in [0.1, 0.15) is 12.5 Å². The van der Waals surface area contributed by atoms with Gasteiger partial charge in [-0.25, -0.2) is 4.63 Å². The van der Waals surface area contributed by atoms with Crippen molar-refractivity contribution in [3.05, 3.63) is 29.8 Å². The fourth-order valence-corrected chi connectivity index (χ4v) is 1.10. The second-order valence-electron chi connectivity index (χ2n) is 2.51. The van der Waals surface area contributed by atoms with Gasteiger partial charge >= 0.3 is 0 Å².